The molecule has 0 bridgehead atoms. The van der Waals surface area contributed by atoms with E-state index in [-0.39, 0.29) is 12.1 Å². The standard InChI is InChI=1S/C22H22N4S/c1-2-17-15-27-22-24-20(19-10-6-7-12-23-19)21(26(17)22)16-11-13-25(14-16)18-8-4-3-5-9-18/h3-14,17,20-21H,2,15H2,1H3/t17-,20-,21+/m0/s1. The second kappa shape index (κ2) is 6.89. The second-order valence-electron chi connectivity index (χ2n) is 7.02. The fraction of sp³-hybridized carbons (Fsp3) is 0.273. The van der Waals surface area contributed by atoms with Gasteiger partial charge in [-0.2, -0.15) is 0 Å². The van der Waals surface area contributed by atoms with E-state index in [2.05, 4.69) is 82.3 Å². The molecule has 4 heterocycles. The molecule has 5 rings (SSSR count). The molecular formula is C22H22N4S. The molecule has 136 valence electrons. The van der Waals surface area contributed by atoms with Crippen LogP contribution in [0.1, 0.15) is 36.7 Å². The predicted molar refractivity (Wildman–Crippen MR) is 111 cm³/mol. The Morgan fingerprint density at radius 3 is 2.70 bits per heavy atom. The minimum atomic E-state index is 0.0506. The highest BCUT2D eigenvalue weighted by molar-refractivity contribution is 8.14. The Bertz CT molecular complexity index is 951. The van der Waals surface area contributed by atoms with Crippen molar-refractivity contribution in [3.8, 4) is 5.69 Å². The number of nitrogens with zero attached hydrogens (tertiary/aromatic N) is 4. The Kier molecular flexibility index (Phi) is 4.24. The molecule has 3 atom stereocenters. The SMILES string of the molecule is CC[C@H]1CSC2=N[C@@H](c3ccccn3)[C@@H](c3ccn(-c4ccccc4)c3)N21. The van der Waals surface area contributed by atoms with E-state index in [0.717, 1.165) is 17.9 Å². The minimum Gasteiger partial charge on any atom is -0.338 e. The van der Waals surface area contributed by atoms with Gasteiger partial charge in [0.25, 0.3) is 0 Å². The first-order valence-corrected chi connectivity index (χ1v) is 10.5. The van der Waals surface area contributed by atoms with E-state index in [1.807, 2.05) is 24.0 Å². The second-order valence-corrected chi connectivity index (χ2v) is 8.01. The summed E-state index contributed by atoms with van der Waals surface area (Å²) in [5.74, 6) is 1.13. The first-order valence-electron chi connectivity index (χ1n) is 9.48. The molecule has 0 aliphatic carbocycles. The first-order chi connectivity index (χ1) is 13.3. The van der Waals surface area contributed by atoms with Crippen LogP contribution in [-0.2, 0) is 0 Å². The van der Waals surface area contributed by atoms with E-state index >= 15 is 0 Å². The lowest BCUT2D eigenvalue weighted by atomic mass is 9.97. The molecule has 4 nitrogen and oxygen atoms in total. The lowest BCUT2D eigenvalue weighted by Gasteiger charge is -2.31. The Balaban J connectivity index is 1.56. The molecule has 3 aromatic rings. The number of aromatic nitrogens is 2. The van der Waals surface area contributed by atoms with Crippen LogP contribution in [0.2, 0.25) is 0 Å². The number of thioether (sulfide) groups is 1. The topological polar surface area (TPSA) is 33.4 Å². The highest BCUT2D eigenvalue weighted by atomic mass is 32.2. The maximum absolute atomic E-state index is 5.09. The Hall–Kier alpha value is -2.53. The lowest BCUT2D eigenvalue weighted by molar-refractivity contribution is 0.255. The van der Waals surface area contributed by atoms with Gasteiger partial charge >= 0.3 is 0 Å². The van der Waals surface area contributed by atoms with Gasteiger partial charge in [0, 0.05) is 36.1 Å². The summed E-state index contributed by atoms with van der Waals surface area (Å²) < 4.78 is 2.20. The molecular weight excluding hydrogens is 352 g/mol. The fourth-order valence-electron chi connectivity index (χ4n) is 4.06. The van der Waals surface area contributed by atoms with Crippen LogP contribution in [0.4, 0.5) is 0 Å². The van der Waals surface area contributed by atoms with Gasteiger partial charge in [0.1, 0.15) is 6.04 Å². The maximum Gasteiger partial charge on any atom is 0.160 e. The Morgan fingerprint density at radius 1 is 1.07 bits per heavy atom. The third-order valence-corrected chi connectivity index (χ3v) is 6.57. The van der Waals surface area contributed by atoms with Gasteiger partial charge < -0.3 is 9.47 Å². The molecule has 1 aromatic carbocycles. The third-order valence-electron chi connectivity index (χ3n) is 5.44. The van der Waals surface area contributed by atoms with Gasteiger partial charge in [-0.15, -0.1) is 0 Å². The van der Waals surface area contributed by atoms with Gasteiger partial charge in [-0.1, -0.05) is 43.0 Å². The van der Waals surface area contributed by atoms with E-state index in [0.29, 0.717) is 6.04 Å². The summed E-state index contributed by atoms with van der Waals surface area (Å²) in [5.41, 5.74) is 3.53. The summed E-state index contributed by atoms with van der Waals surface area (Å²) in [6, 6.07) is 19.6. The van der Waals surface area contributed by atoms with Crippen molar-refractivity contribution in [3.05, 3.63) is 84.4 Å². The monoisotopic (exact) mass is 374 g/mol. The van der Waals surface area contributed by atoms with Gasteiger partial charge in [-0.25, -0.2) is 0 Å². The van der Waals surface area contributed by atoms with Crippen molar-refractivity contribution >= 4 is 16.9 Å². The zero-order valence-corrected chi connectivity index (χ0v) is 16.1. The molecule has 5 heteroatoms. The van der Waals surface area contributed by atoms with Crippen LogP contribution >= 0.6 is 11.8 Å². The number of pyridine rings is 1. The number of hydrogen-bond acceptors (Lipinski definition) is 4. The maximum atomic E-state index is 5.09. The third kappa shape index (κ3) is 2.86. The van der Waals surface area contributed by atoms with Crippen LogP contribution in [0.3, 0.4) is 0 Å². The number of rotatable bonds is 4. The van der Waals surface area contributed by atoms with Crippen LogP contribution in [-0.4, -0.2) is 31.4 Å². The van der Waals surface area contributed by atoms with Crippen LogP contribution in [0.25, 0.3) is 5.69 Å². The van der Waals surface area contributed by atoms with Crippen molar-refractivity contribution in [2.45, 2.75) is 31.5 Å². The van der Waals surface area contributed by atoms with E-state index in [9.17, 15) is 0 Å². The van der Waals surface area contributed by atoms with Crippen LogP contribution in [0.5, 0.6) is 0 Å². The van der Waals surface area contributed by atoms with E-state index in [1.165, 1.54) is 16.4 Å². The van der Waals surface area contributed by atoms with Crippen molar-refractivity contribution in [2.75, 3.05) is 5.75 Å². The summed E-state index contributed by atoms with van der Waals surface area (Å²) in [5, 5.41) is 1.18. The average Bonchev–Trinajstić information content (AvgIpc) is 3.44. The number of benzene rings is 1. The molecule has 27 heavy (non-hydrogen) atoms. The zero-order chi connectivity index (χ0) is 18.2. The minimum absolute atomic E-state index is 0.0506. The van der Waals surface area contributed by atoms with Gasteiger partial charge in [0.05, 0.1) is 11.7 Å². The zero-order valence-electron chi connectivity index (χ0n) is 15.3. The number of amidine groups is 1. The Morgan fingerprint density at radius 2 is 1.93 bits per heavy atom. The van der Waals surface area contributed by atoms with Gasteiger partial charge in [0.2, 0.25) is 0 Å². The lowest BCUT2D eigenvalue weighted by Crippen LogP contribution is -2.35. The summed E-state index contributed by atoms with van der Waals surface area (Å²) in [6.45, 7) is 2.27. The van der Waals surface area contributed by atoms with Crippen LogP contribution in [0.15, 0.2) is 78.2 Å². The largest absolute Gasteiger partial charge is 0.338 e. The first kappa shape index (κ1) is 16.6. The van der Waals surface area contributed by atoms with E-state index in [1.54, 1.807) is 0 Å². The van der Waals surface area contributed by atoms with Crippen LogP contribution in [0, 0.1) is 0 Å². The van der Waals surface area contributed by atoms with Crippen molar-refractivity contribution in [1.29, 1.82) is 0 Å². The Labute approximate surface area is 164 Å². The number of fused-ring (bicyclic) bond motifs is 1. The summed E-state index contributed by atoms with van der Waals surface area (Å²) in [7, 11) is 0. The molecule has 2 aromatic heterocycles. The molecule has 2 aliphatic rings. The van der Waals surface area contributed by atoms with Gasteiger partial charge in [-0.3, -0.25) is 9.98 Å². The number of hydrogen-bond donors (Lipinski definition) is 0. The molecule has 0 spiro atoms. The van der Waals surface area contributed by atoms with Crippen molar-refractivity contribution in [3.63, 3.8) is 0 Å². The van der Waals surface area contributed by atoms with Crippen molar-refractivity contribution in [1.82, 2.24) is 14.5 Å². The van der Waals surface area contributed by atoms with Crippen molar-refractivity contribution < 1.29 is 0 Å². The van der Waals surface area contributed by atoms with Gasteiger partial charge in [0.15, 0.2) is 5.17 Å². The summed E-state index contributed by atoms with van der Waals surface area (Å²) in [4.78, 5) is 12.3. The molecule has 0 radical (unpaired) electrons. The molecule has 2 aliphatic heterocycles. The summed E-state index contributed by atoms with van der Waals surface area (Å²) in [6.07, 6.45) is 7.42. The smallest absolute Gasteiger partial charge is 0.160 e. The molecule has 0 N–H and O–H groups in total. The van der Waals surface area contributed by atoms with E-state index < -0.39 is 0 Å². The number of aliphatic imine (C=N–C) groups is 1. The molecule has 1 fully saturated rings. The molecule has 0 unspecified atom stereocenters. The highest BCUT2D eigenvalue weighted by Crippen LogP contribution is 2.48. The summed E-state index contributed by atoms with van der Waals surface area (Å²) >= 11 is 1.89. The normalized spacial score (nSPS) is 24.1. The molecule has 0 saturated carbocycles. The number of para-hydroxylation sites is 1. The van der Waals surface area contributed by atoms with Crippen molar-refractivity contribution in [2.24, 2.45) is 4.99 Å². The molecule has 0 amide bonds. The van der Waals surface area contributed by atoms with Gasteiger partial charge in [-0.05, 0) is 42.3 Å². The highest BCUT2D eigenvalue weighted by Gasteiger charge is 2.45. The van der Waals surface area contributed by atoms with E-state index in [4.69, 9.17) is 4.99 Å². The van der Waals surface area contributed by atoms with Crippen LogP contribution < -0.4 is 0 Å². The molecule has 1 saturated heterocycles. The predicted octanol–water partition coefficient (Wildman–Crippen LogP) is 4.85. The fourth-order valence-corrected chi connectivity index (χ4v) is 5.40. The average molecular weight is 375 g/mol. The quantitative estimate of drug-likeness (QED) is 0.654.